The van der Waals surface area contributed by atoms with Gasteiger partial charge in [0.15, 0.2) is 0 Å². The van der Waals surface area contributed by atoms with E-state index in [0.29, 0.717) is 0 Å². The van der Waals surface area contributed by atoms with Crippen LogP contribution in [0.2, 0.25) is 0 Å². The molecule has 0 heterocycles. The zero-order chi connectivity index (χ0) is 12.7. The van der Waals surface area contributed by atoms with E-state index in [1.165, 1.54) is 18.7 Å². The molecule has 0 spiro atoms. The van der Waals surface area contributed by atoms with E-state index in [1.807, 2.05) is 31.2 Å². The van der Waals surface area contributed by atoms with Crippen molar-refractivity contribution >= 4 is 5.97 Å². The molecule has 3 nitrogen and oxygen atoms in total. The lowest BCUT2D eigenvalue weighted by Crippen LogP contribution is -1.96. The van der Waals surface area contributed by atoms with Gasteiger partial charge in [-0.05, 0) is 37.5 Å². The minimum Gasteiger partial charge on any atom is -0.497 e. The van der Waals surface area contributed by atoms with E-state index in [4.69, 9.17) is 4.74 Å². The quantitative estimate of drug-likeness (QED) is 0.580. The highest BCUT2D eigenvalue weighted by molar-refractivity contribution is 5.82. The fraction of sp³-hybridized carbons (Fsp3) is 0.357. The zero-order valence-electron chi connectivity index (χ0n) is 10.5. The predicted molar refractivity (Wildman–Crippen MR) is 67.1 cm³/mol. The number of methoxy groups -OCH3 is 2. The monoisotopic (exact) mass is 234 g/mol. The van der Waals surface area contributed by atoms with Gasteiger partial charge in [0.05, 0.1) is 14.2 Å². The van der Waals surface area contributed by atoms with Gasteiger partial charge < -0.3 is 9.47 Å². The summed E-state index contributed by atoms with van der Waals surface area (Å²) in [7, 11) is 3.04. The smallest absolute Gasteiger partial charge is 0.330 e. The second-order valence-corrected chi connectivity index (χ2v) is 3.86. The van der Waals surface area contributed by atoms with Crippen molar-refractivity contribution in [3.8, 4) is 5.75 Å². The molecule has 0 N–H and O–H groups in total. The van der Waals surface area contributed by atoms with Gasteiger partial charge in [0.25, 0.3) is 0 Å². The van der Waals surface area contributed by atoms with Crippen molar-refractivity contribution in [3.63, 3.8) is 0 Å². The molecule has 0 amide bonds. The summed E-state index contributed by atoms with van der Waals surface area (Å²) in [5.74, 6) is 0.563. The summed E-state index contributed by atoms with van der Waals surface area (Å²) in [5, 5.41) is 0. The Morgan fingerprint density at radius 1 is 1.24 bits per heavy atom. The molecule has 0 aromatic heterocycles. The SMILES string of the molecule is COC(=O)/C=C(/C)CCc1ccc(OC)cc1. The molecule has 0 fully saturated rings. The summed E-state index contributed by atoms with van der Waals surface area (Å²) in [6.45, 7) is 1.93. The van der Waals surface area contributed by atoms with E-state index in [0.717, 1.165) is 24.2 Å². The molecule has 0 aliphatic carbocycles. The molecular formula is C14H18O3. The van der Waals surface area contributed by atoms with Crippen LogP contribution in [0.3, 0.4) is 0 Å². The fourth-order valence-electron chi connectivity index (χ4n) is 1.47. The van der Waals surface area contributed by atoms with E-state index >= 15 is 0 Å². The molecule has 17 heavy (non-hydrogen) atoms. The third-order valence-corrected chi connectivity index (χ3v) is 2.53. The molecule has 0 unspecified atom stereocenters. The summed E-state index contributed by atoms with van der Waals surface area (Å²) >= 11 is 0. The number of carbonyl (C=O) groups excluding carboxylic acids is 1. The number of hydrogen-bond donors (Lipinski definition) is 0. The number of benzene rings is 1. The lowest BCUT2D eigenvalue weighted by molar-refractivity contribution is -0.134. The Labute approximate surface area is 102 Å². The Morgan fingerprint density at radius 3 is 2.41 bits per heavy atom. The number of esters is 1. The van der Waals surface area contributed by atoms with Gasteiger partial charge in [-0.15, -0.1) is 0 Å². The predicted octanol–water partition coefficient (Wildman–Crippen LogP) is 2.75. The molecule has 3 heteroatoms. The van der Waals surface area contributed by atoms with E-state index in [1.54, 1.807) is 7.11 Å². The highest BCUT2D eigenvalue weighted by atomic mass is 16.5. The molecule has 0 bridgehead atoms. The van der Waals surface area contributed by atoms with Crippen molar-refractivity contribution in [2.45, 2.75) is 19.8 Å². The van der Waals surface area contributed by atoms with Gasteiger partial charge in [-0.25, -0.2) is 4.79 Å². The number of allylic oxidation sites excluding steroid dienone is 1. The molecule has 1 rings (SSSR count). The molecule has 0 aliphatic heterocycles. The van der Waals surface area contributed by atoms with Gasteiger partial charge in [-0.2, -0.15) is 0 Å². The Morgan fingerprint density at radius 2 is 1.88 bits per heavy atom. The van der Waals surface area contributed by atoms with E-state index in [-0.39, 0.29) is 5.97 Å². The molecule has 0 saturated heterocycles. The summed E-state index contributed by atoms with van der Waals surface area (Å²) in [4.78, 5) is 11.0. The first-order chi connectivity index (χ1) is 8.15. The topological polar surface area (TPSA) is 35.5 Å². The molecular weight excluding hydrogens is 216 g/mol. The van der Waals surface area contributed by atoms with E-state index in [9.17, 15) is 4.79 Å². The Kier molecular flexibility index (Phi) is 5.27. The maximum Gasteiger partial charge on any atom is 0.330 e. The average Bonchev–Trinajstić information content (AvgIpc) is 2.36. The van der Waals surface area contributed by atoms with Crippen LogP contribution in [0.1, 0.15) is 18.9 Å². The third kappa shape index (κ3) is 4.72. The molecule has 92 valence electrons. The number of rotatable bonds is 5. The maximum absolute atomic E-state index is 11.0. The Balaban J connectivity index is 2.49. The number of aryl methyl sites for hydroxylation is 1. The van der Waals surface area contributed by atoms with Crippen molar-refractivity contribution < 1.29 is 14.3 Å². The molecule has 0 atom stereocenters. The minimum atomic E-state index is -0.294. The summed E-state index contributed by atoms with van der Waals surface area (Å²) in [6, 6.07) is 7.94. The first-order valence-electron chi connectivity index (χ1n) is 5.53. The van der Waals surface area contributed by atoms with Crippen LogP contribution in [0.25, 0.3) is 0 Å². The largest absolute Gasteiger partial charge is 0.497 e. The van der Waals surface area contributed by atoms with Crippen molar-refractivity contribution in [1.82, 2.24) is 0 Å². The van der Waals surface area contributed by atoms with Crippen molar-refractivity contribution in [2.24, 2.45) is 0 Å². The van der Waals surface area contributed by atoms with E-state index in [2.05, 4.69) is 4.74 Å². The zero-order valence-corrected chi connectivity index (χ0v) is 10.5. The summed E-state index contributed by atoms with van der Waals surface area (Å²) < 4.78 is 9.66. The Hall–Kier alpha value is -1.77. The molecule has 1 aromatic carbocycles. The van der Waals surface area contributed by atoms with Gasteiger partial charge in [0.1, 0.15) is 5.75 Å². The highest BCUT2D eigenvalue weighted by Crippen LogP contribution is 2.14. The third-order valence-electron chi connectivity index (χ3n) is 2.53. The van der Waals surface area contributed by atoms with Crippen LogP contribution in [-0.4, -0.2) is 20.2 Å². The van der Waals surface area contributed by atoms with Crippen LogP contribution in [0.5, 0.6) is 5.75 Å². The van der Waals surface area contributed by atoms with Crippen molar-refractivity contribution in [1.29, 1.82) is 0 Å². The number of hydrogen-bond acceptors (Lipinski definition) is 3. The van der Waals surface area contributed by atoms with Gasteiger partial charge in [-0.1, -0.05) is 17.7 Å². The first-order valence-corrected chi connectivity index (χ1v) is 5.53. The summed E-state index contributed by atoms with van der Waals surface area (Å²) in [6.07, 6.45) is 3.29. The van der Waals surface area contributed by atoms with Crippen LogP contribution in [0.4, 0.5) is 0 Å². The Bertz CT molecular complexity index is 390. The van der Waals surface area contributed by atoms with Crippen LogP contribution < -0.4 is 4.74 Å². The molecule has 1 aromatic rings. The lowest BCUT2D eigenvalue weighted by Gasteiger charge is -2.04. The molecule has 0 aliphatic rings. The average molecular weight is 234 g/mol. The van der Waals surface area contributed by atoms with Crippen LogP contribution in [0, 0.1) is 0 Å². The molecule has 0 saturated carbocycles. The van der Waals surface area contributed by atoms with E-state index < -0.39 is 0 Å². The molecule has 0 radical (unpaired) electrons. The summed E-state index contributed by atoms with van der Waals surface area (Å²) in [5.41, 5.74) is 2.25. The number of carbonyl (C=O) groups is 1. The lowest BCUT2D eigenvalue weighted by atomic mass is 10.1. The normalized spacial score (nSPS) is 11.1. The van der Waals surface area contributed by atoms with Crippen LogP contribution in [-0.2, 0) is 16.0 Å². The second-order valence-electron chi connectivity index (χ2n) is 3.86. The van der Waals surface area contributed by atoms with Gasteiger partial charge >= 0.3 is 5.97 Å². The maximum atomic E-state index is 11.0. The van der Waals surface area contributed by atoms with Crippen molar-refractivity contribution in [2.75, 3.05) is 14.2 Å². The van der Waals surface area contributed by atoms with Crippen LogP contribution in [0.15, 0.2) is 35.9 Å². The highest BCUT2D eigenvalue weighted by Gasteiger charge is 1.99. The minimum absolute atomic E-state index is 0.294. The van der Waals surface area contributed by atoms with Crippen LogP contribution >= 0.6 is 0 Å². The fourth-order valence-corrected chi connectivity index (χ4v) is 1.47. The first kappa shape index (κ1) is 13.3. The second kappa shape index (κ2) is 6.74. The van der Waals surface area contributed by atoms with Gasteiger partial charge in [0.2, 0.25) is 0 Å². The standard InChI is InChI=1S/C14H18O3/c1-11(10-14(15)17-3)4-5-12-6-8-13(16-2)9-7-12/h6-10H,4-5H2,1-3H3/b11-10-. The van der Waals surface area contributed by atoms with Gasteiger partial charge in [0, 0.05) is 6.08 Å². The number of ether oxygens (including phenoxy) is 2. The van der Waals surface area contributed by atoms with Gasteiger partial charge in [-0.3, -0.25) is 0 Å². The van der Waals surface area contributed by atoms with Crippen molar-refractivity contribution in [3.05, 3.63) is 41.5 Å².